The second-order valence-electron chi connectivity index (χ2n) is 4.56. The van der Waals surface area contributed by atoms with Crippen molar-refractivity contribution in [3.63, 3.8) is 0 Å². The minimum absolute atomic E-state index is 0.0396. The summed E-state index contributed by atoms with van der Waals surface area (Å²) in [6.45, 7) is 0. The monoisotopic (exact) mass is 323 g/mol. The number of halogens is 1. The van der Waals surface area contributed by atoms with E-state index in [0.717, 1.165) is 18.4 Å². The van der Waals surface area contributed by atoms with E-state index in [1.165, 1.54) is 6.08 Å². The summed E-state index contributed by atoms with van der Waals surface area (Å²) >= 11 is 10.9. The van der Waals surface area contributed by atoms with Crippen molar-refractivity contribution in [2.24, 2.45) is 5.92 Å². The van der Waals surface area contributed by atoms with Crippen molar-refractivity contribution in [3.05, 3.63) is 40.9 Å². The van der Waals surface area contributed by atoms with Gasteiger partial charge in [0.15, 0.2) is 5.11 Å². The summed E-state index contributed by atoms with van der Waals surface area (Å²) in [5, 5.41) is 3.02. The third-order valence-corrected chi connectivity index (χ3v) is 3.35. The Labute approximate surface area is 132 Å². The van der Waals surface area contributed by atoms with Crippen molar-refractivity contribution >= 4 is 46.8 Å². The molecular weight excluding hydrogens is 310 g/mol. The van der Waals surface area contributed by atoms with Crippen LogP contribution < -0.4 is 16.2 Å². The molecule has 110 valence electrons. The Bertz CT molecular complexity index is 600. The molecule has 21 heavy (non-hydrogen) atoms. The zero-order valence-electron chi connectivity index (χ0n) is 11.1. The SMILES string of the molecule is O=C(/C=C/c1ccccc1Cl)NC(=S)NNC(=O)C1CC1. The molecule has 1 aliphatic carbocycles. The van der Waals surface area contributed by atoms with Crippen LogP contribution in [0.25, 0.3) is 6.08 Å². The number of benzene rings is 1. The number of hydrazine groups is 1. The Kier molecular flexibility index (Phi) is 5.30. The van der Waals surface area contributed by atoms with Gasteiger partial charge in [-0.25, -0.2) is 0 Å². The van der Waals surface area contributed by atoms with Crippen molar-refractivity contribution in [2.45, 2.75) is 12.8 Å². The third-order valence-electron chi connectivity index (χ3n) is 2.80. The van der Waals surface area contributed by atoms with Crippen molar-refractivity contribution in [2.75, 3.05) is 0 Å². The van der Waals surface area contributed by atoms with Gasteiger partial charge in [-0.2, -0.15) is 0 Å². The van der Waals surface area contributed by atoms with Gasteiger partial charge in [0, 0.05) is 17.0 Å². The summed E-state index contributed by atoms with van der Waals surface area (Å²) in [5.41, 5.74) is 5.66. The molecule has 1 aromatic carbocycles. The Morgan fingerprint density at radius 3 is 2.62 bits per heavy atom. The molecule has 1 saturated carbocycles. The van der Waals surface area contributed by atoms with Crippen LogP contribution in [0.1, 0.15) is 18.4 Å². The summed E-state index contributed by atoms with van der Waals surface area (Å²) in [5.74, 6) is -0.456. The Balaban J connectivity index is 1.77. The maximum absolute atomic E-state index is 11.6. The van der Waals surface area contributed by atoms with Crippen LogP contribution >= 0.6 is 23.8 Å². The molecule has 0 bridgehead atoms. The van der Waals surface area contributed by atoms with E-state index in [1.807, 2.05) is 6.07 Å². The lowest BCUT2D eigenvalue weighted by molar-refractivity contribution is -0.123. The van der Waals surface area contributed by atoms with E-state index in [9.17, 15) is 9.59 Å². The van der Waals surface area contributed by atoms with E-state index in [4.69, 9.17) is 23.8 Å². The van der Waals surface area contributed by atoms with E-state index < -0.39 is 5.91 Å². The second kappa shape index (κ2) is 7.19. The van der Waals surface area contributed by atoms with Gasteiger partial charge in [0.2, 0.25) is 11.8 Å². The number of carbonyl (C=O) groups excluding carboxylic acids is 2. The van der Waals surface area contributed by atoms with Gasteiger partial charge in [0.1, 0.15) is 0 Å². The molecule has 0 unspecified atom stereocenters. The summed E-state index contributed by atoms with van der Waals surface area (Å²) in [7, 11) is 0. The topological polar surface area (TPSA) is 70.2 Å². The van der Waals surface area contributed by atoms with Gasteiger partial charge in [0.05, 0.1) is 0 Å². The zero-order valence-corrected chi connectivity index (χ0v) is 12.6. The van der Waals surface area contributed by atoms with Crippen LogP contribution in [0.4, 0.5) is 0 Å². The smallest absolute Gasteiger partial charge is 0.250 e. The van der Waals surface area contributed by atoms with Crippen LogP contribution in [0.2, 0.25) is 5.02 Å². The second-order valence-corrected chi connectivity index (χ2v) is 5.38. The number of amides is 2. The normalized spacial score (nSPS) is 13.8. The number of carbonyl (C=O) groups is 2. The highest BCUT2D eigenvalue weighted by Gasteiger charge is 2.29. The molecule has 3 N–H and O–H groups in total. The molecule has 0 saturated heterocycles. The fraction of sp³-hybridized carbons (Fsp3) is 0.214. The molecule has 2 rings (SSSR count). The average molecular weight is 324 g/mol. The van der Waals surface area contributed by atoms with Gasteiger partial charge in [-0.1, -0.05) is 29.8 Å². The molecule has 0 radical (unpaired) electrons. The molecule has 1 aromatic rings. The standard InChI is InChI=1S/C14H14ClN3O2S/c15-11-4-2-1-3-9(11)7-8-12(19)16-14(21)18-17-13(20)10-5-6-10/h1-4,7-8,10H,5-6H2,(H,17,20)(H2,16,18,19,21)/b8-7+. The van der Waals surface area contributed by atoms with Crippen LogP contribution in [-0.4, -0.2) is 16.9 Å². The number of hydrogen-bond donors (Lipinski definition) is 3. The van der Waals surface area contributed by atoms with E-state index >= 15 is 0 Å². The lowest BCUT2D eigenvalue weighted by Crippen LogP contribution is -2.48. The van der Waals surface area contributed by atoms with Crippen LogP contribution in [0, 0.1) is 5.92 Å². The molecule has 2 amide bonds. The first kappa shape index (κ1) is 15.5. The van der Waals surface area contributed by atoms with Crippen LogP contribution in [0.15, 0.2) is 30.3 Å². The molecule has 5 nitrogen and oxygen atoms in total. The molecule has 0 heterocycles. The number of thiocarbonyl (C=S) groups is 1. The van der Waals surface area contributed by atoms with E-state index in [1.54, 1.807) is 24.3 Å². The predicted molar refractivity (Wildman–Crippen MR) is 85.2 cm³/mol. The van der Waals surface area contributed by atoms with Crippen molar-refractivity contribution in [3.8, 4) is 0 Å². The van der Waals surface area contributed by atoms with Gasteiger partial charge >= 0.3 is 0 Å². The van der Waals surface area contributed by atoms with E-state index in [0.29, 0.717) is 5.02 Å². The van der Waals surface area contributed by atoms with Crippen molar-refractivity contribution in [1.29, 1.82) is 0 Å². The van der Waals surface area contributed by atoms with Gasteiger partial charge < -0.3 is 0 Å². The van der Waals surface area contributed by atoms with Gasteiger partial charge in [0.25, 0.3) is 0 Å². The third kappa shape index (κ3) is 5.17. The van der Waals surface area contributed by atoms with Gasteiger partial charge in [-0.15, -0.1) is 0 Å². The molecule has 7 heteroatoms. The Morgan fingerprint density at radius 2 is 1.95 bits per heavy atom. The minimum Gasteiger partial charge on any atom is -0.298 e. The predicted octanol–water partition coefficient (Wildman–Crippen LogP) is 1.79. The van der Waals surface area contributed by atoms with E-state index in [-0.39, 0.29) is 16.9 Å². The quantitative estimate of drug-likeness (QED) is 0.450. The number of rotatable bonds is 3. The molecule has 0 spiro atoms. The highest BCUT2D eigenvalue weighted by molar-refractivity contribution is 7.80. The average Bonchev–Trinajstić information content (AvgIpc) is 3.28. The summed E-state index contributed by atoms with van der Waals surface area (Å²) in [6, 6.07) is 7.15. The molecular formula is C14H14ClN3O2S. The molecule has 0 aromatic heterocycles. The fourth-order valence-corrected chi connectivity index (χ4v) is 1.88. The van der Waals surface area contributed by atoms with Crippen molar-refractivity contribution in [1.82, 2.24) is 16.2 Å². The first-order valence-corrected chi connectivity index (χ1v) is 7.18. The van der Waals surface area contributed by atoms with Gasteiger partial charge in [-0.05, 0) is 42.8 Å². The highest BCUT2D eigenvalue weighted by atomic mass is 35.5. The van der Waals surface area contributed by atoms with Crippen LogP contribution in [0.5, 0.6) is 0 Å². The maximum Gasteiger partial charge on any atom is 0.250 e. The number of nitrogens with one attached hydrogen (secondary N) is 3. The maximum atomic E-state index is 11.6. The lowest BCUT2D eigenvalue weighted by Gasteiger charge is -2.08. The first-order chi connectivity index (χ1) is 10.1. The van der Waals surface area contributed by atoms with Gasteiger partial charge in [-0.3, -0.25) is 25.8 Å². The first-order valence-electron chi connectivity index (χ1n) is 6.39. The molecule has 0 atom stereocenters. The van der Waals surface area contributed by atoms with Crippen molar-refractivity contribution < 1.29 is 9.59 Å². The summed E-state index contributed by atoms with van der Waals surface area (Å²) < 4.78 is 0. The van der Waals surface area contributed by atoms with E-state index in [2.05, 4.69) is 16.2 Å². The number of hydrogen-bond acceptors (Lipinski definition) is 3. The largest absolute Gasteiger partial charge is 0.298 e. The Morgan fingerprint density at radius 1 is 1.24 bits per heavy atom. The fourth-order valence-electron chi connectivity index (χ4n) is 1.53. The summed E-state index contributed by atoms with van der Waals surface area (Å²) in [6.07, 6.45) is 4.70. The Hall–Kier alpha value is -1.92. The molecule has 0 aliphatic heterocycles. The summed E-state index contributed by atoms with van der Waals surface area (Å²) in [4.78, 5) is 23.0. The zero-order chi connectivity index (χ0) is 15.2. The lowest BCUT2D eigenvalue weighted by atomic mass is 10.2. The highest BCUT2D eigenvalue weighted by Crippen LogP contribution is 2.28. The molecule has 1 aliphatic rings. The minimum atomic E-state index is -0.409. The molecule has 1 fully saturated rings. The van der Waals surface area contributed by atoms with Crippen LogP contribution in [-0.2, 0) is 9.59 Å². The van der Waals surface area contributed by atoms with Crippen LogP contribution in [0.3, 0.4) is 0 Å².